The van der Waals surface area contributed by atoms with Gasteiger partial charge in [-0.15, -0.1) is 0 Å². The van der Waals surface area contributed by atoms with Gasteiger partial charge in [0.05, 0.1) is 21.2 Å². The van der Waals surface area contributed by atoms with E-state index in [0.29, 0.717) is 30.0 Å². The van der Waals surface area contributed by atoms with E-state index < -0.39 is 14.9 Å². The molecule has 1 fully saturated rings. The van der Waals surface area contributed by atoms with Crippen molar-refractivity contribution in [3.63, 3.8) is 0 Å². The molecule has 4 rings (SSSR count). The monoisotopic (exact) mass is 469 g/mol. The second-order valence-corrected chi connectivity index (χ2v) is 9.77. The van der Waals surface area contributed by atoms with Crippen LogP contribution in [-0.2, 0) is 14.8 Å². The van der Waals surface area contributed by atoms with Crippen LogP contribution in [0.25, 0.3) is 5.69 Å². The molecule has 2 aromatic carbocycles. The van der Waals surface area contributed by atoms with E-state index in [-0.39, 0.29) is 35.5 Å². The minimum Gasteiger partial charge on any atom is -0.310 e. The van der Waals surface area contributed by atoms with E-state index in [1.165, 1.54) is 21.1 Å². The Labute approximate surface area is 191 Å². The molecule has 1 N–H and O–H groups in total. The highest BCUT2D eigenvalue weighted by atomic mass is 32.2. The fourth-order valence-electron chi connectivity index (χ4n) is 3.83. The Bertz CT molecular complexity index is 1260. The van der Waals surface area contributed by atoms with Gasteiger partial charge in [-0.05, 0) is 44.0 Å². The minimum absolute atomic E-state index is 0.0366. The lowest BCUT2D eigenvalue weighted by molar-refractivity contribution is -0.384. The average molecular weight is 470 g/mol. The van der Waals surface area contributed by atoms with Gasteiger partial charge in [0.1, 0.15) is 5.82 Å². The SMILES string of the molecule is Cc1cc(NC(=O)C2CCN(S(=O)(=O)c3ccccc3)CC2)n(-c2ccc([N+](=O)[O-])cc2)n1. The van der Waals surface area contributed by atoms with Crippen molar-refractivity contribution in [3.05, 3.63) is 76.5 Å². The number of piperidine rings is 1. The molecule has 0 radical (unpaired) electrons. The molecular formula is C22H23N5O5S. The third-order valence-corrected chi connectivity index (χ3v) is 7.51. The quantitative estimate of drug-likeness (QED) is 0.436. The molecule has 11 heteroatoms. The average Bonchev–Trinajstić information content (AvgIpc) is 3.19. The molecule has 1 aliphatic heterocycles. The zero-order valence-corrected chi connectivity index (χ0v) is 18.7. The predicted molar refractivity (Wildman–Crippen MR) is 122 cm³/mol. The van der Waals surface area contributed by atoms with Crippen molar-refractivity contribution in [2.24, 2.45) is 5.92 Å². The van der Waals surface area contributed by atoms with Crippen LogP contribution < -0.4 is 5.32 Å². The van der Waals surface area contributed by atoms with Gasteiger partial charge < -0.3 is 5.32 Å². The number of amides is 1. The van der Waals surface area contributed by atoms with Gasteiger partial charge in [-0.2, -0.15) is 9.40 Å². The van der Waals surface area contributed by atoms with Gasteiger partial charge >= 0.3 is 0 Å². The van der Waals surface area contributed by atoms with Gasteiger partial charge in [0.25, 0.3) is 5.69 Å². The van der Waals surface area contributed by atoms with Gasteiger partial charge in [-0.25, -0.2) is 13.1 Å². The molecule has 0 bridgehead atoms. The Morgan fingerprint density at radius 3 is 2.33 bits per heavy atom. The molecule has 0 unspecified atom stereocenters. The van der Waals surface area contributed by atoms with E-state index in [9.17, 15) is 23.3 Å². The number of non-ortho nitro benzene ring substituents is 1. The molecular weight excluding hydrogens is 446 g/mol. The van der Waals surface area contributed by atoms with Crippen molar-refractivity contribution in [3.8, 4) is 5.69 Å². The van der Waals surface area contributed by atoms with Crippen LogP contribution in [-0.4, -0.2) is 46.4 Å². The molecule has 172 valence electrons. The van der Waals surface area contributed by atoms with Crippen LogP contribution in [0.5, 0.6) is 0 Å². The number of aromatic nitrogens is 2. The molecule has 0 atom stereocenters. The fourth-order valence-corrected chi connectivity index (χ4v) is 5.32. The number of carbonyl (C=O) groups excluding carboxylic acids is 1. The van der Waals surface area contributed by atoms with Crippen LogP contribution in [0.4, 0.5) is 11.5 Å². The van der Waals surface area contributed by atoms with Crippen molar-refractivity contribution in [1.82, 2.24) is 14.1 Å². The number of nitrogens with zero attached hydrogens (tertiary/aromatic N) is 4. The highest BCUT2D eigenvalue weighted by molar-refractivity contribution is 7.89. The number of aryl methyl sites for hydroxylation is 1. The van der Waals surface area contributed by atoms with E-state index in [4.69, 9.17) is 0 Å². The zero-order valence-electron chi connectivity index (χ0n) is 17.9. The molecule has 1 aliphatic rings. The Hall–Kier alpha value is -3.57. The predicted octanol–water partition coefficient (Wildman–Crippen LogP) is 3.13. The van der Waals surface area contributed by atoms with Gasteiger partial charge in [0.15, 0.2) is 0 Å². The van der Waals surface area contributed by atoms with Crippen LogP contribution in [0.2, 0.25) is 0 Å². The Kier molecular flexibility index (Phi) is 6.25. The molecule has 3 aromatic rings. The van der Waals surface area contributed by atoms with Crippen LogP contribution in [0.1, 0.15) is 18.5 Å². The van der Waals surface area contributed by atoms with Gasteiger partial charge in [0.2, 0.25) is 15.9 Å². The second kappa shape index (κ2) is 9.12. The van der Waals surface area contributed by atoms with E-state index in [1.807, 2.05) is 0 Å². The molecule has 1 saturated heterocycles. The summed E-state index contributed by atoms with van der Waals surface area (Å²) < 4.78 is 28.5. The molecule has 0 spiro atoms. The summed E-state index contributed by atoms with van der Waals surface area (Å²) in [5, 5.41) is 18.1. The molecule has 1 aromatic heterocycles. The summed E-state index contributed by atoms with van der Waals surface area (Å²) in [5.41, 5.74) is 1.21. The number of carbonyl (C=O) groups is 1. The Morgan fingerprint density at radius 2 is 1.73 bits per heavy atom. The van der Waals surface area contributed by atoms with Gasteiger partial charge in [-0.1, -0.05) is 18.2 Å². The van der Waals surface area contributed by atoms with E-state index >= 15 is 0 Å². The lowest BCUT2D eigenvalue weighted by atomic mass is 9.97. The summed E-state index contributed by atoms with van der Waals surface area (Å²) in [5.74, 6) is -0.103. The largest absolute Gasteiger partial charge is 0.310 e. The van der Waals surface area contributed by atoms with Gasteiger partial charge in [0, 0.05) is 37.2 Å². The molecule has 2 heterocycles. The number of rotatable bonds is 6. The maximum Gasteiger partial charge on any atom is 0.269 e. The number of nitrogens with one attached hydrogen (secondary N) is 1. The van der Waals surface area contributed by atoms with E-state index in [1.54, 1.807) is 55.5 Å². The third-order valence-electron chi connectivity index (χ3n) is 5.59. The summed E-state index contributed by atoms with van der Waals surface area (Å²) in [7, 11) is -3.58. The summed E-state index contributed by atoms with van der Waals surface area (Å²) in [6.07, 6.45) is 0.811. The van der Waals surface area contributed by atoms with Crippen LogP contribution >= 0.6 is 0 Å². The fraction of sp³-hybridized carbons (Fsp3) is 0.273. The molecule has 33 heavy (non-hydrogen) atoms. The summed E-state index contributed by atoms with van der Waals surface area (Å²) in [6, 6.07) is 15.9. The number of nitro benzene ring substituents is 1. The lowest BCUT2D eigenvalue weighted by Gasteiger charge is -2.30. The van der Waals surface area contributed by atoms with Crippen molar-refractivity contribution in [2.45, 2.75) is 24.7 Å². The third kappa shape index (κ3) is 4.78. The van der Waals surface area contributed by atoms with Crippen LogP contribution in [0.15, 0.2) is 65.6 Å². The van der Waals surface area contributed by atoms with Crippen molar-refractivity contribution in [2.75, 3.05) is 18.4 Å². The maximum absolute atomic E-state index is 12.9. The first-order valence-electron chi connectivity index (χ1n) is 10.4. The Morgan fingerprint density at radius 1 is 1.09 bits per heavy atom. The van der Waals surface area contributed by atoms with Crippen LogP contribution in [0, 0.1) is 23.0 Å². The van der Waals surface area contributed by atoms with E-state index in [0.717, 1.165) is 0 Å². The first kappa shape index (κ1) is 22.6. The molecule has 1 amide bonds. The number of benzene rings is 2. The van der Waals surface area contributed by atoms with Crippen molar-refractivity contribution in [1.29, 1.82) is 0 Å². The number of sulfonamides is 1. The van der Waals surface area contributed by atoms with Crippen LogP contribution in [0.3, 0.4) is 0 Å². The van der Waals surface area contributed by atoms with Crippen molar-refractivity contribution < 1.29 is 18.1 Å². The lowest BCUT2D eigenvalue weighted by Crippen LogP contribution is -2.41. The number of hydrogen-bond acceptors (Lipinski definition) is 6. The second-order valence-electron chi connectivity index (χ2n) is 7.84. The highest BCUT2D eigenvalue weighted by Crippen LogP contribution is 2.26. The highest BCUT2D eigenvalue weighted by Gasteiger charge is 2.32. The number of anilines is 1. The molecule has 10 nitrogen and oxygen atoms in total. The first-order chi connectivity index (χ1) is 15.8. The number of nitro groups is 1. The first-order valence-corrected chi connectivity index (χ1v) is 11.9. The smallest absolute Gasteiger partial charge is 0.269 e. The summed E-state index contributed by atoms with van der Waals surface area (Å²) >= 11 is 0. The topological polar surface area (TPSA) is 127 Å². The Balaban J connectivity index is 1.43. The normalized spacial score (nSPS) is 15.3. The standard InChI is InChI=1S/C22H23N5O5S/c1-16-15-21(26(24-16)18-7-9-19(10-8-18)27(29)30)23-22(28)17-11-13-25(14-12-17)33(31,32)20-5-3-2-4-6-20/h2-10,15,17H,11-14H2,1H3,(H,23,28). The van der Waals surface area contributed by atoms with Crippen molar-refractivity contribution >= 4 is 27.4 Å². The van der Waals surface area contributed by atoms with Gasteiger partial charge in [-0.3, -0.25) is 14.9 Å². The molecule has 0 aliphatic carbocycles. The summed E-state index contributed by atoms with van der Waals surface area (Å²) in [4.78, 5) is 23.6. The zero-order chi connectivity index (χ0) is 23.6. The molecule has 0 saturated carbocycles. The van der Waals surface area contributed by atoms with E-state index in [2.05, 4.69) is 10.4 Å². The maximum atomic E-state index is 12.9. The number of hydrogen-bond donors (Lipinski definition) is 1. The summed E-state index contributed by atoms with van der Waals surface area (Å²) in [6.45, 7) is 2.30. The minimum atomic E-state index is -3.58.